The van der Waals surface area contributed by atoms with Crippen molar-refractivity contribution in [2.24, 2.45) is 0 Å². The average molecular weight is 289 g/mol. The number of aromatic nitrogens is 2. The molecule has 2 heterocycles. The summed E-state index contributed by atoms with van der Waals surface area (Å²) < 4.78 is 16.5. The summed E-state index contributed by atoms with van der Waals surface area (Å²) in [4.78, 5) is 4.40. The number of nitrogens with one attached hydrogen (secondary N) is 1. The first-order valence-corrected chi connectivity index (χ1v) is 6.99. The van der Waals surface area contributed by atoms with Gasteiger partial charge >= 0.3 is 0 Å². The molecule has 21 heavy (non-hydrogen) atoms. The van der Waals surface area contributed by atoms with Gasteiger partial charge in [-0.15, -0.1) is 0 Å². The summed E-state index contributed by atoms with van der Waals surface area (Å²) in [6, 6.07) is 5.75. The van der Waals surface area contributed by atoms with Crippen LogP contribution in [0.2, 0.25) is 0 Å². The Labute approximate surface area is 123 Å². The number of benzene rings is 1. The molecule has 2 aromatic rings. The molecule has 0 atom stereocenters. The first kappa shape index (κ1) is 13.7. The molecule has 0 fully saturated rings. The molecule has 0 spiro atoms. The van der Waals surface area contributed by atoms with E-state index in [2.05, 4.69) is 15.5 Å². The van der Waals surface area contributed by atoms with Crippen LogP contribution in [0.3, 0.4) is 0 Å². The Morgan fingerprint density at radius 2 is 2.00 bits per heavy atom. The molecule has 6 heteroatoms. The third-order valence-electron chi connectivity index (χ3n) is 3.14. The molecule has 0 aliphatic carbocycles. The minimum atomic E-state index is -0.120. The van der Waals surface area contributed by atoms with Crippen LogP contribution in [0.4, 0.5) is 5.69 Å². The van der Waals surface area contributed by atoms with Crippen LogP contribution in [-0.2, 0) is 12.0 Å². The maximum absolute atomic E-state index is 5.65. The Morgan fingerprint density at radius 1 is 1.19 bits per heavy atom. The fourth-order valence-electron chi connectivity index (χ4n) is 2.02. The van der Waals surface area contributed by atoms with Crippen LogP contribution >= 0.6 is 0 Å². The number of rotatable bonds is 3. The lowest BCUT2D eigenvalue weighted by molar-refractivity contribution is 0.172. The van der Waals surface area contributed by atoms with E-state index in [4.69, 9.17) is 14.0 Å². The van der Waals surface area contributed by atoms with Crippen molar-refractivity contribution in [2.75, 3.05) is 18.5 Å². The van der Waals surface area contributed by atoms with Crippen molar-refractivity contribution in [3.63, 3.8) is 0 Å². The third-order valence-corrected chi connectivity index (χ3v) is 3.14. The maximum atomic E-state index is 5.65. The molecule has 1 aromatic carbocycles. The Bertz CT molecular complexity index is 631. The second-order valence-electron chi connectivity index (χ2n) is 5.95. The highest BCUT2D eigenvalue weighted by Crippen LogP contribution is 2.37. The molecule has 1 aliphatic rings. The number of hydrogen-bond donors (Lipinski definition) is 1. The fraction of sp³-hybridized carbons (Fsp3) is 0.467. The second kappa shape index (κ2) is 5.27. The predicted molar refractivity (Wildman–Crippen MR) is 77.8 cm³/mol. The molecule has 1 N–H and O–H groups in total. The first-order chi connectivity index (χ1) is 10.0. The van der Waals surface area contributed by atoms with E-state index in [9.17, 15) is 0 Å². The summed E-state index contributed by atoms with van der Waals surface area (Å²) >= 11 is 0. The normalized spacial score (nSPS) is 14.0. The van der Waals surface area contributed by atoms with Crippen LogP contribution in [0.25, 0.3) is 0 Å². The Kier molecular flexibility index (Phi) is 3.45. The maximum Gasteiger partial charge on any atom is 0.245 e. The number of hydrogen-bond acceptors (Lipinski definition) is 6. The fourth-order valence-corrected chi connectivity index (χ4v) is 2.02. The van der Waals surface area contributed by atoms with E-state index >= 15 is 0 Å². The Hall–Kier alpha value is -2.24. The van der Waals surface area contributed by atoms with Crippen molar-refractivity contribution in [1.29, 1.82) is 0 Å². The van der Waals surface area contributed by atoms with Gasteiger partial charge in [0.1, 0.15) is 13.2 Å². The van der Waals surface area contributed by atoms with E-state index in [-0.39, 0.29) is 5.41 Å². The average Bonchev–Trinajstić information content (AvgIpc) is 2.94. The molecule has 6 nitrogen and oxygen atoms in total. The molecule has 1 aromatic heterocycles. The van der Waals surface area contributed by atoms with Gasteiger partial charge in [-0.1, -0.05) is 32.0 Å². The summed E-state index contributed by atoms with van der Waals surface area (Å²) in [7, 11) is 0. The molecular formula is C15H19N3O3. The van der Waals surface area contributed by atoms with Crippen molar-refractivity contribution in [3.8, 4) is 11.5 Å². The molecule has 0 amide bonds. The van der Waals surface area contributed by atoms with Gasteiger partial charge in [-0.3, -0.25) is 0 Å². The second-order valence-corrected chi connectivity index (χ2v) is 5.95. The van der Waals surface area contributed by atoms with Crippen molar-refractivity contribution in [3.05, 3.63) is 29.9 Å². The number of anilines is 1. The van der Waals surface area contributed by atoms with Crippen LogP contribution in [0.15, 0.2) is 22.7 Å². The summed E-state index contributed by atoms with van der Waals surface area (Å²) in [6.07, 6.45) is 0. The standard InChI is InChI=1S/C15H19N3O3/c1-15(2,3)14-17-12(21-18-14)9-16-10-5-4-6-11-13(10)20-8-7-19-11/h4-6,16H,7-9H2,1-3H3. The highest BCUT2D eigenvalue weighted by atomic mass is 16.6. The summed E-state index contributed by atoms with van der Waals surface area (Å²) in [5, 5.41) is 7.26. The van der Waals surface area contributed by atoms with E-state index in [0.29, 0.717) is 31.5 Å². The van der Waals surface area contributed by atoms with E-state index in [1.807, 2.05) is 39.0 Å². The summed E-state index contributed by atoms with van der Waals surface area (Å²) in [5.41, 5.74) is 0.743. The van der Waals surface area contributed by atoms with E-state index in [1.54, 1.807) is 0 Å². The number of ether oxygens (including phenoxy) is 2. The zero-order valence-electron chi connectivity index (χ0n) is 12.5. The van der Waals surface area contributed by atoms with Crippen molar-refractivity contribution in [2.45, 2.75) is 32.7 Å². The van der Waals surface area contributed by atoms with Crippen LogP contribution in [-0.4, -0.2) is 23.4 Å². The molecule has 0 unspecified atom stereocenters. The Morgan fingerprint density at radius 3 is 2.76 bits per heavy atom. The lowest BCUT2D eigenvalue weighted by Gasteiger charge is -2.21. The highest BCUT2D eigenvalue weighted by molar-refractivity contribution is 5.63. The van der Waals surface area contributed by atoms with Crippen LogP contribution in [0.5, 0.6) is 11.5 Å². The molecule has 112 valence electrons. The Balaban J connectivity index is 1.72. The van der Waals surface area contributed by atoms with Gasteiger partial charge in [-0.2, -0.15) is 4.98 Å². The summed E-state index contributed by atoms with van der Waals surface area (Å²) in [5.74, 6) is 2.75. The zero-order valence-corrected chi connectivity index (χ0v) is 12.5. The van der Waals surface area contributed by atoms with E-state index < -0.39 is 0 Å². The first-order valence-electron chi connectivity index (χ1n) is 6.99. The molecule has 0 radical (unpaired) electrons. The predicted octanol–water partition coefficient (Wildman–Crippen LogP) is 2.75. The van der Waals surface area contributed by atoms with E-state index in [0.717, 1.165) is 17.2 Å². The van der Waals surface area contributed by atoms with Gasteiger partial charge < -0.3 is 19.3 Å². The molecular weight excluding hydrogens is 270 g/mol. The lowest BCUT2D eigenvalue weighted by atomic mass is 9.96. The van der Waals surface area contributed by atoms with Crippen molar-refractivity contribution >= 4 is 5.69 Å². The van der Waals surface area contributed by atoms with Gasteiger partial charge in [-0.25, -0.2) is 0 Å². The molecule has 0 bridgehead atoms. The van der Waals surface area contributed by atoms with Crippen LogP contribution < -0.4 is 14.8 Å². The largest absolute Gasteiger partial charge is 0.486 e. The zero-order chi connectivity index (χ0) is 14.9. The smallest absolute Gasteiger partial charge is 0.245 e. The molecule has 0 saturated carbocycles. The van der Waals surface area contributed by atoms with Gasteiger partial charge in [0.25, 0.3) is 0 Å². The number of fused-ring (bicyclic) bond motifs is 1. The monoisotopic (exact) mass is 289 g/mol. The SMILES string of the molecule is CC(C)(C)c1noc(CNc2cccc3c2OCCO3)n1. The molecule has 0 saturated heterocycles. The minimum absolute atomic E-state index is 0.120. The van der Waals surface area contributed by atoms with Crippen LogP contribution in [0, 0.1) is 0 Å². The lowest BCUT2D eigenvalue weighted by Crippen LogP contribution is -2.16. The quantitative estimate of drug-likeness (QED) is 0.937. The topological polar surface area (TPSA) is 69.4 Å². The van der Waals surface area contributed by atoms with Gasteiger partial charge in [-0.05, 0) is 12.1 Å². The number of para-hydroxylation sites is 1. The third kappa shape index (κ3) is 2.94. The molecule has 1 aliphatic heterocycles. The van der Waals surface area contributed by atoms with Gasteiger partial charge in [0.2, 0.25) is 5.89 Å². The van der Waals surface area contributed by atoms with Crippen molar-refractivity contribution in [1.82, 2.24) is 10.1 Å². The van der Waals surface area contributed by atoms with Crippen molar-refractivity contribution < 1.29 is 14.0 Å². The molecule has 3 rings (SSSR count). The van der Waals surface area contributed by atoms with E-state index in [1.165, 1.54) is 0 Å². The van der Waals surface area contributed by atoms with Gasteiger partial charge in [0.15, 0.2) is 17.3 Å². The minimum Gasteiger partial charge on any atom is -0.486 e. The summed E-state index contributed by atoms with van der Waals surface area (Å²) in [6.45, 7) is 7.73. The van der Waals surface area contributed by atoms with Crippen LogP contribution in [0.1, 0.15) is 32.5 Å². The number of nitrogens with zero attached hydrogens (tertiary/aromatic N) is 2. The highest BCUT2D eigenvalue weighted by Gasteiger charge is 2.21. The van der Waals surface area contributed by atoms with Gasteiger partial charge in [0, 0.05) is 5.41 Å². The van der Waals surface area contributed by atoms with Gasteiger partial charge in [0.05, 0.1) is 12.2 Å².